The highest BCUT2D eigenvalue weighted by Gasteiger charge is 2.44. The van der Waals surface area contributed by atoms with Gasteiger partial charge in [0.2, 0.25) is 5.91 Å². The minimum atomic E-state index is -1.45. The first kappa shape index (κ1) is 23.1. The van der Waals surface area contributed by atoms with Crippen molar-refractivity contribution in [1.82, 2.24) is 4.90 Å². The molecular formula is C19H28FN3O3S. The van der Waals surface area contributed by atoms with Crippen molar-refractivity contribution in [2.24, 2.45) is 5.73 Å². The monoisotopic (exact) mass is 397 g/mol. The first-order valence-corrected chi connectivity index (χ1v) is 9.63. The molecule has 1 aromatic rings. The molecular weight excluding hydrogens is 369 g/mol. The lowest BCUT2D eigenvalue weighted by Gasteiger charge is -2.33. The molecule has 8 heteroatoms. The molecule has 1 aliphatic heterocycles. The smallest absolute Gasteiger partial charge is 0.242 e. The zero-order chi connectivity index (χ0) is 19.5. The third kappa shape index (κ3) is 5.05. The van der Waals surface area contributed by atoms with E-state index in [-0.39, 0.29) is 26.1 Å². The fourth-order valence-electron chi connectivity index (χ4n) is 2.83. The van der Waals surface area contributed by atoms with Crippen molar-refractivity contribution < 1.29 is 18.1 Å². The van der Waals surface area contributed by atoms with Crippen LogP contribution in [0.15, 0.2) is 24.3 Å². The van der Waals surface area contributed by atoms with E-state index in [1.165, 1.54) is 4.90 Å². The van der Waals surface area contributed by atoms with Crippen molar-refractivity contribution in [1.29, 1.82) is 5.26 Å². The van der Waals surface area contributed by atoms with Gasteiger partial charge in [-0.1, -0.05) is 19.6 Å². The maximum Gasteiger partial charge on any atom is 0.242 e. The van der Waals surface area contributed by atoms with Gasteiger partial charge in [0.25, 0.3) is 0 Å². The number of carbonyl (C=O) groups excluding carboxylic acids is 1. The molecule has 1 aromatic carbocycles. The van der Waals surface area contributed by atoms with Crippen molar-refractivity contribution in [2.45, 2.75) is 56.5 Å². The zero-order valence-corrected chi connectivity index (χ0v) is 16.0. The maximum atomic E-state index is 13.6. The number of nitriles is 1. The molecule has 0 saturated carbocycles. The molecule has 1 amide bonds. The van der Waals surface area contributed by atoms with Crippen LogP contribution in [0.2, 0.25) is 0 Å². The summed E-state index contributed by atoms with van der Waals surface area (Å²) >= 11 is 0. The van der Waals surface area contributed by atoms with Crippen LogP contribution in [0.3, 0.4) is 0 Å². The van der Waals surface area contributed by atoms with Gasteiger partial charge in [-0.15, -0.1) is 0 Å². The topological polar surface area (TPSA) is 96.4 Å². The molecule has 0 spiro atoms. The number of alkyl halides is 1. The molecule has 1 aliphatic rings. The zero-order valence-electron chi connectivity index (χ0n) is 15.1. The first-order chi connectivity index (χ1) is 12.2. The Morgan fingerprint density at radius 1 is 1.48 bits per heavy atom. The van der Waals surface area contributed by atoms with E-state index < -0.39 is 39.7 Å². The third-order valence-corrected chi connectivity index (χ3v) is 6.76. The number of hydrogen-bond donors (Lipinski definition) is 1. The molecule has 0 aromatic heterocycles. The summed E-state index contributed by atoms with van der Waals surface area (Å²) in [4.78, 5) is 13.8. The lowest BCUT2D eigenvalue weighted by Crippen LogP contribution is -2.57. The van der Waals surface area contributed by atoms with Crippen molar-refractivity contribution in [2.75, 3.05) is 13.7 Å². The minimum absolute atomic E-state index is 0. The van der Waals surface area contributed by atoms with E-state index in [0.29, 0.717) is 5.75 Å². The minimum Gasteiger partial charge on any atom is -0.497 e. The summed E-state index contributed by atoms with van der Waals surface area (Å²) < 4.78 is 30.5. The maximum absolute atomic E-state index is 13.6. The van der Waals surface area contributed by atoms with Crippen LogP contribution < -0.4 is 10.5 Å². The SMILES string of the molecule is C.COc1ccc(CS(=O)C(C)(C)C(N)C(=O)N2CC(F)CC2C#N)cc1. The van der Waals surface area contributed by atoms with Crippen LogP contribution in [-0.2, 0) is 21.3 Å². The van der Waals surface area contributed by atoms with Crippen LogP contribution in [0.4, 0.5) is 4.39 Å². The number of methoxy groups -OCH3 is 1. The summed E-state index contributed by atoms with van der Waals surface area (Å²) in [5, 5.41) is 9.11. The summed E-state index contributed by atoms with van der Waals surface area (Å²) in [7, 11) is 0.113. The van der Waals surface area contributed by atoms with Gasteiger partial charge < -0.3 is 15.4 Å². The van der Waals surface area contributed by atoms with Gasteiger partial charge in [0.05, 0.1) is 24.5 Å². The van der Waals surface area contributed by atoms with Gasteiger partial charge in [0.1, 0.15) is 24.0 Å². The fourth-order valence-corrected chi connectivity index (χ4v) is 4.08. The average molecular weight is 398 g/mol. The van der Waals surface area contributed by atoms with Gasteiger partial charge in [-0.3, -0.25) is 9.00 Å². The lowest BCUT2D eigenvalue weighted by atomic mass is 10.0. The van der Waals surface area contributed by atoms with Crippen molar-refractivity contribution >= 4 is 16.7 Å². The largest absolute Gasteiger partial charge is 0.497 e. The molecule has 0 aliphatic carbocycles. The van der Waals surface area contributed by atoms with Crippen LogP contribution >= 0.6 is 0 Å². The van der Waals surface area contributed by atoms with E-state index in [1.54, 1.807) is 45.2 Å². The summed E-state index contributed by atoms with van der Waals surface area (Å²) in [5.41, 5.74) is 6.93. The molecule has 1 heterocycles. The summed E-state index contributed by atoms with van der Waals surface area (Å²) in [6.45, 7) is 3.16. The summed E-state index contributed by atoms with van der Waals surface area (Å²) in [6.07, 6.45) is -1.24. The van der Waals surface area contributed by atoms with Crippen LogP contribution in [0, 0.1) is 11.3 Å². The van der Waals surface area contributed by atoms with Crippen molar-refractivity contribution in [3.63, 3.8) is 0 Å². The first-order valence-electron chi connectivity index (χ1n) is 8.31. The van der Waals surface area contributed by atoms with E-state index >= 15 is 0 Å². The van der Waals surface area contributed by atoms with Crippen LogP contribution in [0.5, 0.6) is 5.75 Å². The van der Waals surface area contributed by atoms with E-state index in [0.717, 1.165) is 5.56 Å². The number of likely N-dealkylation sites (tertiary alicyclic amines) is 1. The highest BCUT2D eigenvalue weighted by Crippen LogP contribution is 2.26. The van der Waals surface area contributed by atoms with E-state index in [2.05, 4.69) is 0 Å². The van der Waals surface area contributed by atoms with Gasteiger partial charge in [-0.2, -0.15) is 5.26 Å². The Kier molecular flexibility index (Phi) is 7.93. The second kappa shape index (κ2) is 9.29. The molecule has 150 valence electrons. The predicted octanol–water partition coefficient (Wildman–Crippen LogP) is 2.15. The number of rotatable bonds is 6. The molecule has 4 atom stereocenters. The quantitative estimate of drug-likeness (QED) is 0.793. The van der Waals surface area contributed by atoms with Gasteiger partial charge in [0, 0.05) is 23.0 Å². The van der Waals surface area contributed by atoms with Crippen molar-refractivity contribution in [3.8, 4) is 11.8 Å². The van der Waals surface area contributed by atoms with Gasteiger partial charge >= 0.3 is 0 Å². The summed E-state index contributed by atoms with van der Waals surface area (Å²) in [5.74, 6) is 0.388. The van der Waals surface area contributed by atoms with Crippen LogP contribution in [0.1, 0.15) is 33.3 Å². The van der Waals surface area contributed by atoms with Crippen LogP contribution in [0.25, 0.3) is 0 Å². The highest BCUT2D eigenvalue weighted by atomic mass is 32.2. The molecule has 1 fully saturated rings. The predicted molar refractivity (Wildman–Crippen MR) is 104 cm³/mol. The number of nitrogens with zero attached hydrogens (tertiary/aromatic N) is 2. The van der Waals surface area contributed by atoms with Gasteiger partial charge in [-0.25, -0.2) is 4.39 Å². The molecule has 6 nitrogen and oxygen atoms in total. The Hall–Kier alpha value is -1.98. The number of hydrogen-bond acceptors (Lipinski definition) is 5. The third-order valence-electron chi connectivity index (χ3n) is 4.74. The molecule has 1 saturated heterocycles. The number of nitrogens with two attached hydrogens (primary N) is 1. The molecule has 2 rings (SSSR count). The van der Waals surface area contributed by atoms with E-state index in [4.69, 9.17) is 15.7 Å². The van der Waals surface area contributed by atoms with Crippen molar-refractivity contribution in [3.05, 3.63) is 29.8 Å². The van der Waals surface area contributed by atoms with E-state index in [9.17, 15) is 13.4 Å². The Bertz CT molecular complexity index is 718. The molecule has 4 unspecified atom stereocenters. The molecule has 0 bridgehead atoms. The standard InChI is InChI=1S/C18H24FN3O3S.CH4/c1-18(2,26(24)11-12-4-6-15(25-3)7-5-12)16(21)17(23)22-10-13(19)8-14(22)9-20;/h4-7,13-14,16H,8,10-11,21H2,1-3H3;1H4. The summed E-state index contributed by atoms with van der Waals surface area (Å²) in [6, 6.07) is 7.17. The fraction of sp³-hybridized carbons (Fsp3) is 0.579. The number of halogens is 1. The molecule has 2 N–H and O–H groups in total. The normalized spacial score (nSPS) is 21.7. The van der Waals surface area contributed by atoms with E-state index in [1.807, 2.05) is 6.07 Å². The molecule has 27 heavy (non-hydrogen) atoms. The van der Waals surface area contributed by atoms with Gasteiger partial charge in [-0.05, 0) is 31.5 Å². The second-order valence-corrected chi connectivity index (χ2v) is 8.92. The van der Waals surface area contributed by atoms with Crippen LogP contribution in [-0.4, -0.2) is 51.7 Å². The number of amides is 1. The van der Waals surface area contributed by atoms with Gasteiger partial charge in [0.15, 0.2) is 0 Å². The number of benzene rings is 1. The Labute approximate surface area is 162 Å². The lowest BCUT2D eigenvalue weighted by molar-refractivity contribution is -0.133. The Morgan fingerprint density at radius 3 is 2.59 bits per heavy atom. The average Bonchev–Trinajstić information content (AvgIpc) is 3.01. The Balaban J connectivity index is 0.00000364. The number of ether oxygens (including phenoxy) is 1. The number of carbonyl (C=O) groups is 1. The molecule has 0 radical (unpaired) electrons. The Morgan fingerprint density at radius 2 is 2.07 bits per heavy atom. The highest BCUT2D eigenvalue weighted by molar-refractivity contribution is 7.85. The second-order valence-electron chi connectivity index (χ2n) is 6.89.